The van der Waals surface area contributed by atoms with Gasteiger partial charge < -0.3 is 14.9 Å². The quantitative estimate of drug-likeness (QED) is 0.462. The Bertz CT molecular complexity index is 955. The standard InChI is InChI=1S/C21H18N2O4/c24-17-6-4-5-15(11-17)12-21(26)23-22-14-16-9-10-18(25)13-20(16)27-19-7-2-1-3-8-19/h1-11,13-14,24-25H,12H2,(H,23,26)/b22-14+. The molecule has 0 aromatic heterocycles. The lowest BCUT2D eigenvalue weighted by Gasteiger charge is -2.09. The fraction of sp³-hybridized carbons (Fsp3) is 0.0476. The summed E-state index contributed by atoms with van der Waals surface area (Å²) >= 11 is 0. The van der Waals surface area contributed by atoms with Gasteiger partial charge in [0.2, 0.25) is 5.91 Å². The summed E-state index contributed by atoms with van der Waals surface area (Å²) in [6.45, 7) is 0. The number of carbonyl (C=O) groups excluding carboxylic acids is 1. The van der Waals surface area contributed by atoms with Gasteiger partial charge in [-0.25, -0.2) is 5.43 Å². The fourth-order valence-corrected chi connectivity index (χ4v) is 2.40. The topological polar surface area (TPSA) is 91.2 Å². The van der Waals surface area contributed by atoms with E-state index in [-0.39, 0.29) is 23.8 Å². The largest absolute Gasteiger partial charge is 0.508 e. The molecule has 3 rings (SSSR count). The van der Waals surface area contributed by atoms with Crippen molar-refractivity contribution in [2.24, 2.45) is 5.10 Å². The number of nitrogens with one attached hydrogen (secondary N) is 1. The normalized spacial score (nSPS) is 10.7. The summed E-state index contributed by atoms with van der Waals surface area (Å²) in [5.74, 6) is 0.876. The van der Waals surface area contributed by atoms with Crippen molar-refractivity contribution < 1.29 is 19.7 Å². The highest BCUT2D eigenvalue weighted by atomic mass is 16.5. The van der Waals surface area contributed by atoms with E-state index in [1.807, 2.05) is 18.2 Å². The molecule has 6 nitrogen and oxygen atoms in total. The van der Waals surface area contributed by atoms with Crippen molar-refractivity contribution in [2.75, 3.05) is 0 Å². The van der Waals surface area contributed by atoms with Crippen molar-refractivity contribution >= 4 is 12.1 Å². The van der Waals surface area contributed by atoms with Gasteiger partial charge in [0.05, 0.1) is 12.6 Å². The van der Waals surface area contributed by atoms with Gasteiger partial charge in [-0.1, -0.05) is 30.3 Å². The first-order valence-electron chi connectivity index (χ1n) is 8.26. The van der Waals surface area contributed by atoms with Crippen LogP contribution >= 0.6 is 0 Å². The molecule has 0 aliphatic heterocycles. The summed E-state index contributed by atoms with van der Waals surface area (Å²) in [7, 11) is 0. The molecule has 3 N–H and O–H groups in total. The Morgan fingerprint density at radius 1 is 0.963 bits per heavy atom. The SMILES string of the molecule is O=C(Cc1cccc(O)c1)N/N=C/c1ccc(O)cc1Oc1ccccc1. The number of nitrogens with zero attached hydrogens (tertiary/aromatic N) is 1. The van der Waals surface area contributed by atoms with E-state index >= 15 is 0 Å². The van der Waals surface area contributed by atoms with Crippen LogP contribution in [0.1, 0.15) is 11.1 Å². The van der Waals surface area contributed by atoms with Crippen LogP contribution < -0.4 is 10.2 Å². The average molecular weight is 362 g/mol. The Morgan fingerprint density at radius 3 is 2.52 bits per heavy atom. The van der Waals surface area contributed by atoms with Crippen molar-refractivity contribution in [3.05, 3.63) is 83.9 Å². The molecule has 3 aromatic rings. The maximum atomic E-state index is 12.0. The van der Waals surface area contributed by atoms with Gasteiger partial charge in [0, 0.05) is 11.6 Å². The van der Waals surface area contributed by atoms with E-state index in [2.05, 4.69) is 10.5 Å². The Kier molecular flexibility index (Phi) is 5.69. The van der Waals surface area contributed by atoms with E-state index in [0.717, 1.165) is 0 Å². The van der Waals surface area contributed by atoms with Crippen molar-refractivity contribution in [1.29, 1.82) is 0 Å². The number of benzene rings is 3. The second kappa shape index (κ2) is 8.53. The van der Waals surface area contributed by atoms with Crippen molar-refractivity contribution in [3.8, 4) is 23.0 Å². The van der Waals surface area contributed by atoms with Gasteiger partial charge in [-0.2, -0.15) is 5.10 Å². The zero-order valence-corrected chi connectivity index (χ0v) is 14.4. The van der Waals surface area contributed by atoms with Gasteiger partial charge in [-0.05, 0) is 42.0 Å². The highest BCUT2D eigenvalue weighted by Gasteiger charge is 2.06. The highest BCUT2D eigenvalue weighted by Crippen LogP contribution is 2.27. The first kappa shape index (κ1) is 18.0. The Labute approximate surface area is 156 Å². The summed E-state index contributed by atoms with van der Waals surface area (Å²) in [4.78, 5) is 12.0. The molecule has 3 aromatic carbocycles. The molecule has 0 aliphatic rings. The Morgan fingerprint density at radius 2 is 1.74 bits per heavy atom. The van der Waals surface area contributed by atoms with E-state index in [0.29, 0.717) is 22.6 Å². The summed E-state index contributed by atoms with van der Waals surface area (Å²) < 4.78 is 5.76. The van der Waals surface area contributed by atoms with E-state index in [1.54, 1.807) is 36.4 Å². The summed E-state index contributed by atoms with van der Waals surface area (Å²) in [6.07, 6.45) is 1.53. The smallest absolute Gasteiger partial charge is 0.244 e. The number of ether oxygens (including phenoxy) is 1. The average Bonchev–Trinajstić information content (AvgIpc) is 2.64. The lowest BCUT2D eigenvalue weighted by Crippen LogP contribution is -2.19. The molecule has 27 heavy (non-hydrogen) atoms. The molecular weight excluding hydrogens is 344 g/mol. The molecule has 1 amide bonds. The molecule has 0 aliphatic carbocycles. The molecule has 0 saturated carbocycles. The summed E-state index contributed by atoms with van der Waals surface area (Å²) in [5, 5.41) is 23.1. The van der Waals surface area contributed by atoms with Gasteiger partial charge in [0.1, 0.15) is 23.0 Å². The van der Waals surface area contributed by atoms with Gasteiger partial charge in [0.25, 0.3) is 0 Å². The van der Waals surface area contributed by atoms with Crippen molar-refractivity contribution in [1.82, 2.24) is 5.43 Å². The second-order valence-corrected chi connectivity index (χ2v) is 5.78. The predicted molar refractivity (Wildman–Crippen MR) is 102 cm³/mol. The third-order valence-corrected chi connectivity index (χ3v) is 3.64. The monoisotopic (exact) mass is 362 g/mol. The zero-order chi connectivity index (χ0) is 19.1. The maximum Gasteiger partial charge on any atom is 0.244 e. The molecular formula is C21H18N2O4. The Balaban J connectivity index is 1.66. The van der Waals surface area contributed by atoms with E-state index in [9.17, 15) is 15.0 Å². The number of aromatic hydroxyl groups is 2. The van der Waals surface area contributed by atoms with Crippen LogP contribution in [-0.2, 0) is 11.2 Å². The van der Waals surface area contributed by atoms with Gasteiger partial charge >= 0.3 is 0 Å². The predicted octanol–water partition coefficient (Wildman–Crippen LogP) is 3.58. The lowest BCUT2D eigenvalue weighted by atomic mass is 10.1. The number of hydrogen-bond donors (Lipinski definition) is 3. The van der Waals surface area contributed by atoms with Crippen LogP contribution in [0.15, 0.2) is 77.9 Å². The number of para-hydroxylation sites is 1. The summed E-state index contributed by atoms with van der Waals surface area (Å²) in [5.41, 5.74) is 3.71. The van der Waals surface area contributed by atoms with Crippen LogP contribution in [0, 0.1) is 0 Å². The van der Waals surface area contributed by atoms with Crippen LogP contribution in [0.3, 0.4) is 0 Å². The minimum Gasteiger partial charge on any atom is -0.508 e. The molecule has 0 unspecified atom stereocenters. The molecule has 0 radical (unpaired) electrons. The number of rotatable bonds is 6. The third kappa shape index (κ3) is 5.34. The number of phenols is 2. The summed E-state index contributed by atoms with van der Waals surface area (Å²) in [6, 6.07) is 20.2. The van der Waals surface area contributed by atoms with E-state index < -0.39 is 0 Å². The number of carbonyl (C=O) groups is 1. The third-order valence-electron chi connectivity index (χ3n) is 3.64. The molecule has 136 valence electrons. The number of amides is 1. The van der Waals surface area contributed by atoms with Crippen molar-refractivity contribution in [3.63, 3.8) is 0 Å². The molecule has 0 fully saturated rings. The number of hydrazone groups is 1. The van der Waals surface area contributed by atoms with E-state index in [1.165, 1.54) is 24.4 Å². The maximum absolute atomic E-state index is 12.0. The van der Waals surface area contributed by atoms with Crippen LogP contribution in [-0.4, -0.2) is 22.3 Å². The number of phenolic OH excluding ortho intramolecular Hbond substituents is 2. The molecule has 6 heteroatoms. The molecule has 0 spiro atoms. The molecule has 0 bridgehead atoms. The first-order valence-corrected chi connectivity index (χ1v) is 8.26. The highest BCUT2D eigenvalue weighted by molar-refractivity contribution is 5.86. The molecule has 0 heterocycles. The number of hydrogen-bond acceptors (Lipinski definition) is 5. The second-order valence-electron chi connectivity index (χ2n) is 5.78. The van der Waals surface area contributed by atoms with Crippen LogP contribution in [0.5, 0.6) is 23.0 Å². The lowest BCUT2D eigenvalue weighted by molar-refractivity contribution is -0.120. The van der Waals surface area contributed by atoms with Crippen molar-refractivity contribution in [2.45, 2.75) is 6.42 Å². The Hall–Kier alpha value is -3.80. The van der Waals surface area contributed by atoms with Crippen LogP contribution in [0.2, 0.25) is 0 Å². The van der Waals surface area contributed by atoms with Crippen LogP contribution in [0.25, 0.3) is 0 Å². The van der Waals surface area contributed by atoms with Gasteiger partial charge in [-0.3, -0.25) is 4.79 Å². The fourth-order valence-electron chi connectivity index (χ4n) is 2.40. The minimum atomic E-state index is -0.318. The van der Waals surface area contributed by atoms with Gasteiger partial charge in [0.15, 0.2) is 0 Å². The van der Waals surface area contributed by atoms with Gasteiger partial charge in [-0.15, -0.1) is 0 Å². The zero-order valence-electron chi connectivity index (χ0n) is 14.4. The minimum absolute atomic E-state index is 0.0611. The van der Waals surface area contributed by atoms with Crippen LogP contribution in [0.4, 0.5) is 0 Å². The first-order chi connectivity index (χ1) is 13.1. The van der Waals surface area contributed by atoms with E-state index in [4.69, 9.17) is 4.74 Å². The molecule has 0 atom stereocenters. The molecule has 0 saturated heterocycles.